The quantitative estimate of drug-likeness (QED) is 0.202. The summed E-state index contributed by atoms with van der Waals surface area (Å²) < 4.78 is 11.7. The van der Waals surface area contributed by atoms with Gasteiger partial charge >= 0.3 is 11.9 Å². The molecule has 0 fully saturated rings. The number of aliphatic carboxylic acids is 2. The van der Waals surface area contributed by atoms with E-state index in [9.17, 15) is 14.7 Å². The topological polar surface area (TPSA) is 93.1 Å². The van der Waals surface area contributed by atoms with Crippen molar-refractivity contribution in [1.29, 1.82) is 0 Å². The maximum absolute atomic E-state index is 11.9. The summed E-state index contributed by atoms with van der Waals surface area (Å²) in [5.41, 5.74) is 0. The fourth-order valence-electron chi connectivity index (χ4n) is 3.72. The molecule has 0 rings (SSSR count). The Morgan fingerprint density at radius 1 is 0.786 bits per heavy atom. The number of carboxylic acids is 2. The van der Waals surface area contributed by atoms with Crippen LogP contribution in [0.4, 0.5) is 0 Å². The van der Waals surface area contributed by atoms with Gasteiger partial charge in [0.15, 0.2) is 5.79 Å². The van der Waals surface area contributed by atoms with Gasteiger partial charge in [-0.1, -0.05) is 58.3 Å². The van der Waals surface area contributed by atoms with Gasteiger partial charge < -0.3 is 19.7 Å². The zero-order valence-electron chi connectivity index (χ0n) is 18.2. The Morgan fingerprint density at radius 3 is 1.71 bits per heavy atom. The molecule has 0 aromatic carbocycles. The summed E-state index contributed by atoms with van der Waals surface area (Å²) in [6, 6.07) is 0. The largest absolute Gasteiger partial charge is 0.481 e. The Bertz CT molecular complexity index is 404. The molecule has 0 saturated heterocycles. The van der Waals surface area contributed by atoms with Gasteiger partial charge in [-0.25, -0.2) is 0 Å². The average Bonchev–Trinajstić information content (AvgIpc) is 2.63. The molecule has 28 heavy (non-hydrogen) atoms. The van der Waals surface area contributed by atoms with Crippen LogP contribution >= 0.6 is 0 Å². The monoisotopic (exact) mass is 402 g/mol. The number of rotatable bonds is 20. The molecular weight excluding hydrogens is 360 g/mol. The number of ether oxygens (including phenoxy) is 2. The third-order valence-electron chi connectivity index (χ3n) is 5.12. The van der Waals surface area contributed by atoms with Crippen LogP contribution in [0.15, 0.2) is 0 Å². The van der Waals surface area contributed by atoms with Crippen LogP contribution in [0.1, 0.15) is 104 Å². The predicted octanol–water partition coefficient (Wildman–Crippen LogP) is 5.63. The van der Waals surface area contributed by atoms with E-state index < -0.39 is 23.6 Å². The van der Waals surface area contributed by atoms with E-state index in [4.69, 9.17) is 14.6 Å². The van der Waals surface area contributed by atoms with Gasteiger partial charge in [0.2, 0.25) is 0 Å². The molecule has 166 valence electrons. The molecule has 0 aliphatic heterocycles. The van der Waals surface area contributed by atoms with Crippen molar-refractivity contribution in [2.24, 2.45) is 5.92 Å². The van der Waals surface area contributed by atoms with Crippen molar-refractivity contribution in [1.82, 2.24) is 0 Å². The van der Waals surface area contributed by atoms with E-state index in [1.807, 2.05) is 13.8 Å². The van der Waals surface area contributed by atoms with Crippen LogP contribution in [0.3, 0.4) is 0 Å². The molecule has 0 bridgehead atoms. The van der Waals surface area contributed by atoms with Crippen molar-refractivity contribution in [2.45, 2.75) is 110 Å². The number of carbonyl (C=O) groups is 2. The zero-order valence-corrected chi connectivity index (χ0v) is 18.2. The standard InChI is InChI=1S/C22H42O6/c1-4-7-8-9-10-11-12-13-14-18-22(27-5-2,28-6-3)19(21(25)26)16-15-17-20(23)24/h19H,4-18H2,1-3H3,(H,23,24)(H,25,26). The van der Waals surface area contributed by atoms with Crippen molar-refractivity contribution >= 4 is 11.9 Å². The van der Waals surface area contributed by atoms with Crippen LogP contribution in [0.25, 0.3) is 0 Å². The van der Waals surface area contributed by atoms with Crippen molar-refractivity contribution in [3.8, 4) is 0 Å². The van der Waals surface area contributed by atoms with Gasteiger partial charge in [-0.05, 0) is 33.1 Å². The Hall–Kier alpha value is -1.14. The molecule has 1 unspecified atom stereocenters. The smallest absolute Gasteiger partial charge is 0.311 e. The molecule has 0 saturated carbocycles. The lowest BCUT2D eigenvalue weighted by atomic mass is 9.88. The molecule has 0 aromatic heterocycles. The molecule has 0 aromatic rings. The van der Waals surface area contributed by atoms with Gasteiger partial charge in [-0.15, -0.1) is 0 Å². The minimum atomic E-state index is -1.17. The molecule has 2 N–H and O–H groups in total. The molecular formula is C22H42O6. The van der Waals surface area contributed by atoms with E-state index in [-0.39, 0.29) is 12.8 Å². The van der Waals surface area contributed by atoms with Gasteiger partial charge in [0.05, 0.1) is 0 Å². The molecule has 0 radical (unpaired) electrons. The maximum Gasteiger partial charge on any atom is 0.311 e. The number of carboxylic acid groups (broad SMARTS) is 2. The summed E-state index contributed by atoms with van der Waals surface area (Å²) in [5.74, 6) is -3.93. The lowest BCUT2D eigenvalue weighted by Crippen LogP contribution is -2.47. The van der Waals surface area contributed by atoms with Crippen molar-refractivity contribution in [2.75, 3.05) is 13.2 Å². The minimum absolute atomic E-state index is 0.0455. The van der Waals surface area contributed by atoms with Crippen molar-refractivity contribution in [3.05, 3.63) is 0 Å². The van der Waals surface area contributed by atoms with Crippen molar-refractivity contribution in [3.63, 3.8) is 0 Å². The predicted molar refractivity (Wildman–Crippen MR) is 110 cm³/mol. The van der Waals surface area contributed by atoms with E-state index in [1.165, 1.54) is 38.5 Å². The lowest BCUT2D eigenvalue weighted by molar-refractivity contribution is -0.268. The Balaban J connectivity index is 4.68. The molecule has 1 atom stereocenters. The van der Waals surface area contributed by atoms with Crippen LogP contribution in [0.5, 0.6) is 0 Å². The summed E-state index contributed by atoms with van der Waals surface area (Å²) in [7, 11) is 0. The fraction of sp³-hybridized carbons (Fsp3) is 0.909. The first kappa shape index (κ1) is 26.9. The molecule has 0 aliphatic carbocycles. The summed E-state index contributed by atoms with van der Waals surface area (Å²) in [5, 5.41) is 18.6. The van der Waals surface area contributed by atoms with Gasteiger partial charge in [-0.3, -0.25) is 9.59 Å². The SMILES string of the molecule is CCCCCCCCCCCC(OCC)(OCC)C(CCCC(=O)O)C(=O)O. The maximum atomic E-state index is 11.9. The normalized spacial score (nSPS) is 12.8. The van der Waals surface area contributed by atoms with Gasteiger partial charge in [0.25, 0.3) is 0 Å². The highest BCUT2D eigenvalue weighted by Gasteiger charge is 2.44. The summed E-state index contributed by atoms with van der Waals surface area (Å²) in [6.45, 7) is 6.61. The third kappa shape index (κ3) is 11.6. The second kappa shape index (κ2) is 16.8. The highest BCUT2D eigenvalue weighted by atomic mass is 16.7. The molecule has 0 heterocycles. The number of unbranched alkanes of at least 4 members (excludes halogenated alkanes) is 8. The van der Waals surface area contributed by atoms with E-state index in [0.29, 0.717) is 26.1 Å². The van der Waals surface area contributed by atoms with Crippen LogP contribution in [0, 0.1) is 5.92 Å². The first-order valence-electron chi connectivity index (χ1n) is 11.2. The highest BCUT2D eigenvalue weighted by Crippen LogP contribution is 2.34. The molecule has 6 nitrogen and oxygen atoms in total. The molecule has 0 amide bonds. The highest BCUT2D eigenvalue weighted by molar-refractivity contribution is 5.71. The van der Waals surface area contributed by atoms with Gasteiger partial charge in [0, 0.05) is 26.1 Å². The van der Waals surface area contributed by atoms with Crippen LogP contribution in [0.2, 0.25) is 0 Å². The van der Waals surface area contributed by atoms with Crippen LogP contribution in [-0.4, -0.2) is 41.2 Å². The Morgan fingerprint density at radius 2 is 1.29 bits per heavy atom. The van der Waals surface area contributed by atoms with Crippen LogP contribution < -0.4 is 0 Å². The number of hydrogen-bond donors (Lipinski definition) is 2. The van der Waals surface area contributed by atoms with Gasteiger partial charge in [-0.2, -0.15) is 0 Å². The third-order valence-corrected chi connectivity index (χ3v) is 5.12. The lowest BCUT2D eigenvalue weighted by Gasteiger charge is -2.38. The van der Waals surface area contributed by atoms with E-state index in [0.717, 1.165) is 19.3 Å². The Kier molecular flexibility index (Phi) is 16.1. The fourth-order valence-corrected chi connectivity index (χ4v) is 3.72. The summed E-state index contributed by atoms with van der Waals surface area (Å²) >= 11 is 0. The summed E-state index contributed by atoms with van der Waals surface area (Å²) in [4.78, 5) is 22.7. The van der Waals surface area contributed by atoms with E-state index >= 15 is 0 Å². The minimum Gasteiger partial charge on any atom is -0.481 e. The van der Waals surface area contributed by atoms with Crippen LogP contribution in [-0.2, 0) is 19.1 Å². The second-order valence-electron chi connectivity index (χ2n) is 7.43. The molecule has 6 heteroatoms. The van der Waals surface area contributed by atoms with E-state index in [2.05, 4.69) is 6.92 Å². The summed E-state index contributed by atoms with van der Waals surface area (Å²) in [6.07, 6.45) is 11.7. The molecule has 0 aliphatic rings. The first-order valence-corrected chi connectivity index (χ1v) is 11.2. The average molecular weight is 403 g/mol. The molecule has 0 spiro atoms. The zero-order chi connectivity index (χ0) is 21.3. The second-order valence-corrected chi connectivity index (χ2v) is 7.43. The van der Waals surface area contributed by atoms with Gasteiger partial charge in [0.1, 0.15) is 5.92 Å². The number of hydrogen-bond acceptors (Lipinski definition) is 4. The van der Waals surface area contributed by atoms with Crippen molar-refractivity contribution < 1.29 is 29.3 Å². The van der Waals surface area contributed by atoms with E-state index in [1.54, 1.807) is 0 Å². The first-order chi connectivity index (χ1) is 13.4. The Labute approximate surface area is 171 Å².